The Balaban J connectivity index is 1.84. The Morgan fingerprint density at radius 1 is 1.24 bits per heavy atom. The lowest BCUT2D eigenvalue weighted by atomic mass is 10.2. The van der Waals surface area contributed by atoms with Crippen LogP contribution in [0.5, 0.6) is 0 Å². The Kier molecular flexibility index (Phi) is 4.17. The third-order valence-corrected chi connectivity index (χ3v) is 3.14. The molecule has 0 amide bonds. The highest BCUT2D eigenvalue weighted by atomic mass is 16.3. The van der Waals surface area contributed by atoms with Crippen LogP contribution in [0.25, 0.3) is 0 Å². The number of hydrogen-bond acceptors (Lipinski definition) is 5. The molecule has 1 aromatic heterocycles. The van der Waals surface area contributed by atoms with Gasteiger partial charge in [0.05, 0.1) is 11.9 Å². The van der Waals surface area contributed by atoms with Gasteiger partial charge in [-0.25, -0.2) is 4.98 Å². The molecule has 2 heterocycles. The second kappa shape index (κ2) is 5.84. The second-order valence-electron chi connectivity index (χ2n) is 4.35. The summed E-state index contributed by atoms with van der Waals surface area (Å²) in [5, 5.41) is 8.80. The number of pyridine rings is 1. The van der Waals surface area contributed by atoms with E-state index in [1.165, 1.54) is 0 Å². The van der Waals surface area contributed by atoms with Crippen LogP contribution in [0.2, 0.25) is 0 Å². The van der Waals surface area contributed by atoms with Crippen molar-refractivity contribution in [2.24, 2.45) is 0 Å². The number of hydrogen-bond donors (Lipinski definition) is 2. The normalized spacial score (nSPS) is 17.4. The van der Waals surface area contributed by atoms with Crippen LogP contribution in [0.3, 0.4) is 0 Å². The topological polar surface area (TPSA) is 65.6 Å². The molecule has 1 aromatic rings. The van der Waals surface area contributed by atoms with Gasteiger partial charge in [-0.2, -0.15) is 0 Å². The lowest BCUT2D eigenvalue weighted by Gasteiger charge is -2.35. The number of piperazine rings is 1. The van der Waals surface area contributed by atoms with Crippen LogP contribution in [0.4, 0.5) is 11.5 Å². The molecule has 5 nitrogen and oxygen atoms in total. The maximum atomic E-state index is 8.80. The molecule has 1 fully saturated rings. The predicted octanol–water partition coefficient (Wildman–Crippen LogP) is 0.168. The first-order valence-corrected chi connectivity index (χ1v) is 6.09. The molecule has 0 spiro atoms. The average molecular weight is 236 g/mol. The first-order valence-electron chi connectivity index (χ1n) is 6.09. The molecule has 0 saturated carbocycles. The third-order valence-electron chi connectivity index (χ3n) is 3.14. The average Bonchev–Trinajstić information content (AvgIpc) is 2.38. The molecule has 3 N–H and O–H groups in total. The fraction of sp³-hybridized carbons (Fsp3) is 0.583. The summed E-state index contributed by atoms with van der Waals surface area (Å²) in [4.78, 5) is 8.82. The van der Waals surface area contributed by atoms with E-state index >= 15 is 0 Å². The molecule has 0 atom stereocenters. The molecule has 0 aromatic carbocycles. The zero-order valence-corrected chi connectivity index (χ0v) is 10.0. The zero-order valence-electron chi connectivity index (χ0n) is 10.0. The Labute approximate surface area is 102 Å². The summed E-state index contributed by atoms with van der Waals surface area (Å²) in [5.74, 6) is 0.565. The quantitative estimate of drug-likeness (QED) is 0.780. The molecule has 0 radical (unpaired) electrons. The summed E-state index contributed by atoms with van der Waals surface area (Å²) >= 11 is 0. The van der Waals surface area contributed by atoms with E-state index in [0.717, 1.165) is 44.8 Å². The van der Waals surface area contributed by atoms with E-state index in [1.54, 1.807) is 0 Å². The molecule has 0 aliphatic carbocycles. The fourth-order valence-electron chi connectivity index (χ4n) is 2.11. The van der Waals surface area contributed by atoms with Gasteiger partial charge >= 0.3 is 0 Å². The van der Waals surface area contributed by atoms with E-state index < -0.39 is 0 Å². The summed E-state index contributed by atoms with van der Waals surface area (Å²) in [6.07, 6.45) is 2.70. The number of nitrogen functional groups attached to an aromatic ring is 1. The molecule has 1 saturated heterocycles. The number of anilines is 2. The summed E-state index contributed by atoms with van der Waals surface area (Å²) in [7, 11) is 0. The minimum atomic E-state index is 0.280. The van der Waals surface area contributed by atoms with Crippen molar-refractivity contribution >= 4 is 11.5 Å². The van der Waals surface area contributed by atoms with Crippen molar-refractivity contribution in [3.8, 4) is 0 Å². The Hall–Kier alpha value is -1.33. The van der Waals surface area contributed by atoms with E-state index in [9.17, 15) is 0 Å². The van der Waals surface area contributed by atoms with Crippen molar-refractivity contribution < 1.29 is 5.11 Å². The molecule has 17 heavy (non-hydrogen) atoms. The molecule has 1 aliphatic heterocycles. The van der Waals surface area contributed by atoms with Gasteiger partial charge in [0, 0.05) is 39.3 Å². The third kappa shape index (κ3) is 3.31. The van der Waals surface area contributed by atoms with Gasteiger partial charge in [-0.15, -0.1) is 0 Å². The predicted molar refractivity (Wildman–Crippen MR) is 69.0 cm³/mol. The van der Waals surface area contributed by atoms with Crippen molar-refractivity contribution in [2.75, 3.05) is 50.0 Å². The van der Waals surface area contributed by atoms with Crippen LogP contribution in [0.15, 0.2) is 18.3 Å². The van der Waals surface area contributed by atoms with Crippen LogP contribution in [0.1, 0.15) is 6.42 Å². The van der Waals surface area contributed by atoms with Crippen molar-refractivity contribution in [2.45, 2.75) is 6.42 Å². The van der Waals surface area contributed by atoms with Crippen LogP contribution in [-0.4, -0.2) is 54.3 Å². The second-order valence-corrected chi connectivity index (χ2v) is 4.35. The van der Waals surface area contributed by atoms with Crippen molar-refractivity contribution in [3.63, 3.8) is 0 Å². The summed E-state index contributed by atoms with van der Waals surface area (Å²) < 4.78 is 0. The van der Waals surface area contributed by atoms with E-state index in [-0.39, 0.29) is 6.61 Å². The van der Waals surface area contributed by atoms with Crippen molar-refractivity contribution in [3.05, 3.63) is 18.3 Å². The molecule has 0 bridgehead atoms. The molecule has 1 aliphatic rings. The number of aliphatic hydroxyl groups excluding tert-OH is 1. The van der Waals surface area contributed by atoms with Gasteiger partial charge in [-0.3, -0.25) is 4.90 Å². The monoisotopic (exact) mass is 236 g/mol. The standard InChI is InChI=1S/C12H20N4O/c13-12-3-2-11(10-14-12)16-7-5-15(6-8-16)4-1-9-17/h2-3,10,17H,1,4-9H2,(H2,13,14). The highest BCUT2D eigenvalue weighted by Crippen LogP contribution is 2.16. The number of aromatic nitrogens is 1. The number of rotatable bonds is 4. The molecule has 94 valence electrons. The maximum absolute atomic E-state index is 8.80. The van der Waals surface area contributed by atoms with Gasteiger partial charge in [0.1, 0.15) is 5.82 Å². The van der Waals surface area contributed by atoms with Gasteiger partial charge in [0.25, 0.3) is 0 Å². The van der Waals surface area contributed by atoms with Gasteiger partial charge in [0.15, 0.2) is 0 Å². The van der Waals surface area contributed by atoms with Crippen molar-refractivity contribution in [1.82, 2.24) is 9.88 Å². The number of nitrogens with zero attached hydrogens (tertiary/aromatic N) is 3. The van der Waals surface area contributed by atoms with E-state index in [1.807, 2.05) is 18.3 Å². The summed E-state index contributed by atoms with van der Waals surface area (Å²) in [6, 6.07) is 3.86. The van der Waals surface area contributed by atoms with Crippen molar-refractivity contribution in [1.29, 1.82) is 0 Å². The minimum Gasteiger partial charge on any atom is -0.396 e. The van der Waals surface area contributed by atoms with Gasteiger partial charge < -0.3 is 15.7 Å². The minimum absolute atomic E-state index is 0.280. The smallest absolute Gasteiger partial charge is 0.123 e. The highest BCUT2D eigenvalue weighted by molar-refractivity contribution is 5.48. The summed E-state index contributed by atoms with van der Waals surface area (Å²) in [6.45, 7) is 5.38. The van der Waals surface area contributed by atoms with Crippen LogP contribution < -0.4 is 10.6 Å². The molecular formula is C12H20N4O. The Morgan fingerprint density at radius 2 is 2.00 bits per heavy atom. The zero-order chi connectivity index (χ0) is 12.1. The number of nitrogens with two attached hydrogens (primary N) is 1. The van der Waals surface area contributed by atoms with E-state index in [4.69, 9.17) is 10.8 Å². The first-order chi connectivity index (χ1) is 8.29. The Bertz CT molecular complexity index is 333. The van der Waals surface area contributed by atoms with Crippen LogP contribution in [-0.2, 0) is 0 Å². The van der Waals surface area contributed by atoms with Crippen LogP contribution in [0, 0.1) is 0 Å². The lowest BCUT2D eigenvalue weighted by Crippen LogP contribution is -2.46. The first kappa shape index (κ1) is 12.1. The van der Waals surface area contributed by atoms with Gasteiger partial charge in [-0.05, 0) is 18.6 Å². The Morgan fingerprint density at radius 3 is 2.59 bits per heavy atom. The molecule has 0 unspecified atom stereocenters. The molecule has 5 heteroatoms. The molecule has 2 rings (SSSR count). The number of aliphatic hydroxyl groups is 1. The molecular weight excluding hydrogens is 216 g/mol. The summed E-state index contributed by atoms with van der Waals surface area (Å²) in [5.41, 5.74) is 6.71. The van der Waals surface area contributed by atoms with Gasteiger partial charge in [-0.1, -0.05) is 0 Å². The van der Waals surface area contributed by atoms with Gasteiger partial charge in [0.2, 0.25) is 0 Å². The van der Waals surface area contributed by atoms with E-state index in [2.05, 4.69) is 14.8 Å². The SMILES string of the molecule is Nc1ccc(N2CCN(CCCO)CC2)cn1. The highest BCUT2D eigenvalue weighted by Gasteiger charge is 2.16. The lowest BCUT2D eigenvalue weighted by molar-refractivity contribution is 0.216. The fourth-order valence-corrected chi connectivity index (χ4v) is 2.11. The van der Waals surface area contributed by atoms with Crippen LogP contribution >= 0.6 is 0 Å². The van der Waals surface area contributed by atoms with E-state index in [0.29, 0.717) is 5.82 Å². The maximum Gasteiger partial charge on any atom is 0.123 e. The largest absolute Gasteiger partial charge is 0.396 e.